The Hall–Kier alpha value is -4.21. The fourth-order valence-corrected chi connectivity index (χ4v) is 8.69. The van der Waals surface area contributed by atoms with E-state index >= 15 is 26.3 Å². The van der Waals surface area contributed by atoms with Gasteiger partial charge in [-0.05, 0) is 5.56 Å². The monoisotopic (exact) mass is 632 g/mol. The van der Waals surface area contributed by atoms with Crippen LogP contribution >= 0.6 is 0 Å². The molecule has 0 unspecified atom stereocenters. The first-order valence-electron chi connectivity index (χ1n) is 10.9. The second-order valence-electron chi connectivity index (χ2n) is 8.39. The molecule has 0 aromatic heterocycles. The van der Waals surface area contributed by atoms with E-state index in [9.17, 15) is 39.5 Å². The van der Waals surface area contributed by atoms with Gasteiger partial charge in [-0.15, -0.1) is 0 Å². The van der Waals surface area contributed by atoms with Gasteiger partial charge in [0.15, 0.2) is 77.9 Å². The van der Waals surface area contributed by atoms with E-state index in [1.54, 1.807) is 0 Å². The molecule has 0 saturated heterocycles. The van der Waals surface area contributed by atoms with Crippen molar-refractivity contribution in [3.63, 3.8) is 0 Å². The van der Waals surface area contributed by atoms with Crippen molar-refractivity contribution < 1.29 is 65.9 Å². The van der Waals surface area contributed by atoms with Crippen LogP contribution in [0, 0.1) is 87.3 Å². The van der Waals surface area contributed by atoms with Crippen molar-refractivity contribution in [1.82, 2.24) is 0 Å². The zero-order chi connectivity index (χ0) is 31.4. The molecule has 42 heavy (non-hydrogen) atoms. The molecule has 0 heterocycles. The lowest BCUT2D eigenvalue weighted by Gasteiger charge is -2.32. The van der Waals surface area contributed by atoms with Crippen LogP contribution in [0.1, 0.15) is 5.56 Å². The Labute approximate surface area is 225 Å². The third kappa shape index (κ3) is 4.35. The maximum Gasteiger partial charge on any atom is 0.200 e. The summed E-state index contributed by atoms with van der Waals surface area (Å²) < 4.78 is 220. The first-order chi connectivity index (χ1) is 19.6. The quantitative estimate of drug-likeness (QED) is 0.0776. The summed E-state index contributed by atoms with van der Waals surface area (Å²) in [6, 6.07) is 5.87. The molecule has 0 atom stereocenters. The average Bonchev–Trinajstić information content (AvgIpc) is 2.98. The van der Waals surface area contributed by atoms with Crippen LogP contribution in [0.2, 0.25) is 0 Å². The van der Waals surface area contributed by atoms with Crippen LogP contribution in [0.3, 0.4) is 0 Å². The minimum absolute atomic E-state index is 0.100. The summed E-state index contributed by atoms with van der Waals surface area (Å²) in [5, 5.41) is -7.84. The standard InChI is InChI=1S/C26H7F15Si/c27-9-12(30)18(36)24(19(37)13(9)31)42(7-6-8-4-2-1-3-5-8,25-20(38)14(32)10(28)15(33)21(25)39)26-22(40)16(34)11(29)17(35)23(26)41/h1-7H/b7-6+. The van der Waals surface area contributed by atoms with Crippen LogP contribution in [-0.2, 0) is 0 Å². The highest BCUT2D eigenvalue weighted by Crippen LogP contribution is 2.29. The fourth-order valence-electron chi connectivity index (χ4n) is 4.26. The van der Waals surface area contributed by atoms with Crippen LogP contribution < -0.4 is 15.6 Å². The highest BCUT2D eigenvalue weighted by Gasteiger charge is 2.54. The van der Waals surface area contributed by atoms with E-state index in [-0.39, 0.29) is 11.3 Å². The summed E-state index contributed by atoms with van der Waals surface area (Å²) in [4.78, 5) is 0. The molecular formula is C26H7F15Si. The summed E-state index contributed by atoms with van der Waals surface area (Å²) in [5.41, 5.74) is -0.358. The maximum absolute atomic E-state index is 15.3. The molecule has 4 rings (SSSR count). The Bertz CT molecular complexity index is 1530. The first kappa shape index (κ1) is 30.7. The number of halogens is 15. The largest absolute Gasteiger partial charge is 0.204 e. The van der Waals surface area contributed by atoms with Crippen LogP contribution in [-0.4, -0.2) is 8.07 Å². The van der Waals surface area contributed by atoms with Crippen molar-refractivity contribution in [3.05, 3.63) is 129 Å². The van der Waals surface area contributed by atoms with Crippen LogP contribution in [0.4, 0.5) is 65.9 Å². The predicted octanol–water partition coefficient (Wildman–Crippen LogP) is 6.50. The van der Waals surface area contributed by atoms with Crippen molar-refractivity contribution in [2.45, 2.75) is 0 Å². The van der Waals surface area contributed by atoms with Gasteiger partial charge < -0.3 is 0 Å². The Morgan fingerprint density at radius 2 is 0.571 bits per heavy atom. The minimum Gasteiger partial charge on any atom is -0.204 e. The van der Waals surface area contributed by atoms with E-state index in [1.165, 1.54) is 18.2 Å². The van der Waals surface area contributed by atoms with Gasteiger partial charge in [0.1, 0.15) is 0 Å². The van der Waals surface area contributed by atoms with Crippen molar-refractivity contribution >= 4 is 29.7 Å². The second-order valence-corrected chi connectivity index (χ2v) is 11.8. The number of benzene rings is 4. The lowest BCUT2D eigenvalue weighted by atomic mass is 10.2. The molecule has 0 nitrogen and oxygen atoms in total. The summed E-state index contributed by atoms with van der Waals surface area (Å²) in [7, 11) is -7.00. The summed E-state index contributed by atoms with van der Waals surface area (Å²) in [5.74, 6) is -45.2. The molecule has 0 aliphatic heterocycles. The molecule has 0 bridgehead atoms. The Kier molecular flexibility index (Phi) is 7.97. The maximum atomic E-state index is 15.3. The molecule has 4 aromatic rings. The molecule has 4 aromatic carbocycles. The van der Waals surface area contributed by atoms with Gasteiger partial charge in [-0.1, -0.05) is 42.1 Å². The zero-order valence-electron chi connectivity index (χ0n) is 19.7. The highest BCUT2D eigenvalue weighted by atomic mass is 28.3. The average molecular weight is 632 g/mol. The zero-order valence-corrected chi connectivity index (χ0v) is 20.7. The van der Waals surface area contributed by atoms with Gasteiger partial charge in [0.2, 0.25) is 17.5 Å². The number of hydrogen-bond acceptors (Lipinski definition) is 0. The fraction of sp³-hybridized carbons (Fsp3) is 0. The van der Waals surface area contributed by atoms with E-state index < -0.39 is 111 Å². The van der Waals surface area contributed by atoms with E-state index in [0.29, 0.717) is 6.08 Å². The van der Waals surface area contributed by atoms with E-state index in [0.717, 1.165) is 12.1 Å². The predicted molar refractivity (Wildman–Crippen MR) is 119 cm³/mol. The summed E-state index contributed by atoms with van der Waals surface area (Å²) >= 11 is 0. The number of rotatable bonds is 5. The van der Waals surface area contributed by atoms with Crippen LogP contribution in [0.15, 0.2) is 36.0 Å². The SMILES string of the molecule is Fc1c(F)c(F)c([Si](/C=C/c2ccccc2)(c2c(F)c(F)c(F)c(F)c2F)c2c(F)c(F)c(F)c(F)c2F)c(F)c1F. The third-order valence-electron chi connectivity index (χ3n) is 6.14. The topological polar surface area (TPSA) is 0 Å². The Morgan fingerprint density at radius 1 is 0.333 bits per heavy atom. The molecule has 0 saturated carbocycles. The smallest absolute Gasteiger partial charge is 0.200 e. The molecule has 0 amide bonds. The van der Waals surface area contributed by atoms with Crippen molar-refractivity contribution in [2.75, 3.05) is 0 Å². The highest BCUT2D eigenvalue weighted by molar-refractivity contribution is 7.15. The molecule has 0 aliphatic rings. The Balaban J connectivity index is 2.47. The second kappa shape index (κ2) is 10.9. The van der Waals surface area contributed by atoms with E-state index in [2.05, 4.69) is 0 Å². The van der Waals surface area contributed by atoms with E-state index in [1.807, 2.05) is 0 Å². The number of hydrogen-bond donors (Lipinski definition) is 0. The summed E-state index contributed by atoms with van der Waals surface area (Å²) in [6.07, 6.45) is 0.431. The van der Waals surface area contributed by atoms with Gasteiger partial charge in [0.05, 0.1) is 0 Å². The van der Waals surface area contributed by atoms with E-state index in [4.69, 9.17) is 0 Å². The van der Waals surface area contributed by atoms with Gasteiger partial charge in [-0.3, -0.25) is 0 Å². The molecule has 0 fully saturated rings. The van der Waals surface area contributed by atoms with Crippen molar-refractivity contribution in [3.8, 4) is 0 Å². The molecule has 0 aliphatic carbocycles. The summed E-state index contributed by atoms with van der Waals surface area (Å²) in [6.45, 7) is 0. The van der Waals surface area contributed by atoms with Crippen molar-refractivity contribution in [2.24, 2.45) is 0 Å². The molecule has 220 valence electrons. The molecule has 16 heteroatoms. The van der Waals surface area contributed by atoms with Gasteiger partial charge in [-0.2, -0.15) is 0 Å². The van der Waals surface area contributed by atoms with Gasteiger partial charge in [0, 0.05) is 15.6 Å². The third-order valence-corrected chi connectivity index (χ3v) is 10.5. The lowest BCUT2D eigenvalue weighted by molar-refractivity contribution is 0.380. The normalized spacial score (nSPS) is 12.1. The minimum atomic E-state index is -7.00. The molecule has 0 spiro atoms. The molecule has 0 N–H and O–H groups in total. The van der Waals surface area contributed by atoms with Gasteiger partial charge in [-0.25, -0.2) is 65.9 Å². The first-order valence-corrected chi connectivity index (χ1v) is 13.0. The molecule has 0 radical (unpaired) electrons. The van der Waals surface area contributed by atoms with Crippen molar-refractivity contribution in [1.29, 1.82) is 0 Å². The van der Waals surface area contributed by atoms with Gasteiger partial charge >= 0.3 is 0 Å². The van der Waals surface area contributed by atoms with Crippen LogP contribution in [0.25, 0.3) is 6.08 Å². The molecular weight excluding hydrogens is 625 g/mol. The Morgan fingerprint density at radius 3 is 0.833 bits per heavy atom. The lowest BCUT2D eigenvalue weighted by Crippen LogP contribution is -2.72. The van der Waals surface area contributed by atoms with Crippen LogP contribution in [0.5, 0.6) is 0 Å². The van der Waals surface area contributed by atoms with Gasteiger partial charge in [0.25, 0.3) is 0 Å².